The van der Waals surface area contributed by atoms with Crippen LogP contribution in [0.3, 0.4) is 0 Å². The highest BCUT2D eigenvalue weighted by atomic mass is 32.2. The Morgan fingerprint density at radius 2 is 1.73 bits per heavy atom. The summed E-state index contributed by atoms with van der Waals surface area (Å²) in [6, 6.07) is 9.63. The molecular weight excluding hydrogens is 416 g/mol. The fourth-order valence-corrected chi connectivity index (χ4v) is 3.26. The van der Waals surface area contributed by atoms with Crippen LogP contribution in [0.25, 0.3) is 0 Å². The molecule has 0 bridgehead atoms. The minimum absolute atomic E-state index is 0.0170. The van der Waals surface area contributed by atoms with E-state index in [1.54, 1.807) is 6.92 Å². The van der Waals surface area contributed by atoms with Gasteiger partial charge in [-0.15, -0.1) is 0 Å². The molecule has 2 aromatic carbocycles. The summed E-state index contributed by atoms with van der Waals surface area (Å²) in [5.41, 5.74) is -0.307. The Balaban J connectivity index is 1.91. The number of sulfonamides is 1. The van der Waals surface area contributed by atoms with Gasteiger partial charge in [0.05, 0.1) is 22.0 Å². The zero-order valence-electron chi connectivity index (χ0n) is 16.7. The number of rotatable bonds is 10. The van der Waals surface area contributed by atoms with Gasteiger partial charge < -0.3 is 14.2 Å². The van der Waals surface area contributed by atoms with Gasteiger partial charge in [0.1, 0.15) is 19.0 Å². The molecule has 0 N–H and O–H groups in total. The highest BCUT2D eigenvalue weighted by Crippen LogP contribution is 2.28. The number of hydrogen-bond donors (Lipinski definition) is 0. The molecule has 0 aliphatic carbocycles. The van der Waals surface area contributed by atoms with E-state index in [1.165, 1.54) is 50.5 Å². The van der Waals surface area contributed by atoms with Crippen molar-refractivity contribution in [2.24, 2.45) is 0 Å². The number of esters is 1. The summed E-state index contributed by atoms with van der Waals surface area (Å²) in [4.78, 5) is 22.7. The molecule has 0 heterocycles. The average Bonchev–Trinajstić information content (AvgIpc) is 2.71. The Hall–Kier alpha value is -3.18. The lowest BCUT2D eigenvalue weighted by atomic mass is 10.2. The second-order valence-corrected chi connectivity index (χ2v) is 8.27. The molecule has 2 rings (SSSR count). The van der Waals surface area contributed by atoms with Gasteiger partial charge in [-0.25, -0.2) is 17.5 Å². The summed E-state index contributed by atoms with van der Waals surface area (Å²) >= 11 is 0. The predicted octanol–water partition coefficient (Wildman–Crippen LogP) is 2.48. The zero-order chi connectivity index (χ0) is 22.3. The van der Waals surface area contributed by atoms with Crippen molar-refractivity contribution in [1.29, 1.82) is 0 Å². The van der Waals surface area contributed by atoms with E-state index >= 15 is 0 Å². The minimum Gasteiger partial charge on any atom is -0.490 e. The first-order valence-electron chi connectivity index (χ1n) is 8.90. The van der Waals surface area contributed by atoms with Gasteiger partial charge in [-0.2, -0.15) is 0 Å². The van der Waals surface area contributed by atoms with Gasteiger partial charge in [-0.3, -0.25) is 10.1 Å². The van der Waals surface area contributed by atoms with E-state index in [9.17, 15) is 23.3 Å². The van der Waals surface area contributed by atoms with Crippen LogP contribution in [-0.2, 0) is 14.8 Å². The quantitative estimate of drug-likeness (QED) is 0.240. The van der Waals surface area contributed by atoms with Gasteiger partial charge in [-0.1, -0.05) is 0 Å². The standard InChI is InChI=1S/C19H22N2O8S/c1-4-27-18-10-5-14(13-17(18)21(23)24)19(22)29-12-11-28-15-6-8-16(9-7-15)30(25,26)20(2)3/h5-10,13H,4,11-12H2,1-3H3. The Bertz CT molecular complexity index is 1000. The molecule has 0 radical (unpaired) electrons. The lowest BCUT2D eigenvalue weighted by molar-refractivity contribution is -0.385. The van der Waals surface area contributed by atoms with Crippen LogP contribution in [0.1, 0.15) is 17.3 Å². The van der Waals surface area contributed by atoms with Crippen molar-refractivity contribution in [3.05, 3.63) is 58.1 Å². The first-order valence-corrected chi connectivity index (χ1v) is 10.3. The normalized spacial score (nSPS) is 11.2. The lowest BCUT2D eigenvalue weighted by Crippen LogP contribution is -2.22. The number of nitro benzene ring substituents is 1. The average molecular weight is 438 g/mol. The van der Waals surface area contributed by atoms with Crippen molar-refractivity contribution in [3.8, 4) is 11.5 Å². The van der Waals surface area contributed by atoms with E-state index in [2.05, 4.69) is 0 Å². The van der Waals surface area contributed by atoms with Gasteiger partial charge in [0.25, 0.3) is 0 Å². The first-order chi connectivity index (χ1) is 14.2. The third-order valence-electron chi connectivity index (χ3n) is 3.88. The van der Waals surface area contributed by atoms with Crippen LogP contribution in [0.5, 0.6) is 11.5 Å². The van der Waals surface area contributed by atoms with Gasteiger partial charge >= 0.3 is 11.7 Å². The molecule has 0 spiro atoms. The van der Waals surface area contributed by atoms with Crippen molar-refractivity contribution in [2.75, 3.05) is 33.9 Å². The minimum atomic E-state index is -3.53. The van der Waals surface area contributed by atoms with Crippen LogP contribution in [0.15, 0.2) is 47.4 Å². The Morgan fingerprint density at radius 1 is 1.07 bits per heavy atom. The highest BCUT2D eigenvalue weighted by molar-refractivity contribution is 7.89. The largest absolute Gasteiger partial charge is 0.490 e. The molecule has 0 atom stereocenters. The maximum Gasteiger partial charge on any atom is 0.338 e. The molecule has 0 aliphatic heterocycles. The third kappa shape index (κ3) is 5.67. The van der Waals surface area contributed by atoms with Crippen molar-refractivity contribution < 1.29 is 32.3 Å². The molecule has 0 fully saturated rings. The smallest absolute Gasteiger partial charge is 0.338 e. The second kappa shape index (κ2) is 10.0. The molecule has 0 aliphatic rings. The van der Waals surface area contributed by atoms with Gasteiger partial charge in [-0.05, 0) is 43.3 Å². The second-order valence-electron chi connectivity index (χ2n) is 6.12. The monoisotopic (exact) mass is 438 g/mol. The summed E-state index contributed by atoms with van der Waals surface area (Å²) in [5, 5.41) is 11.1. The maximum atomic E-state index is 12.1. The number of ether oxygens (including phenoxy) is 3. The molecule has 0 aromatic heterocycles. The lowest BCUT2D eigenvalue weighted by Gasteiger charge is -2.12. The SMILES string of the molecule is CCOc1ccc(C(=O)OCCOc2ccc(S(=O)(=O)N(C)C)cc2)cc1[N+](=O)[O-]. The number of nitrogens with zero attached hydrogens (tertiary/aromatic N) is 2. The third-order valence-corrected chi connectivity index (χ3v) is 5.71. The number of carbonyl (C=O) groups excluding carboxylic acids is 1. The summed E-state index contributed by atoms with van der Waals surface area (Å²) < 4.78 is 40.8. The fraction of sp³-hybridized carbons (Fsp3) is 0.316. The van der Waals surface area contributed by atoms with Crippen molar-refractivity contribution in [2.45, 2.75) is 11.8 Å². The molecular formula is C19H22N2O8S. The number of carbonyl (C=O) groups is 1. The number of benzene rings is 2. The summed E-state index contributed by atoms with van der Waals surface area (Å²) in [6.45, 7) is 1.87. The number of hydrogen-bond acceptors (Lipinski definition) is 8. The van der Waals surface area contributed by atoms with Crippen molar-refractivity contribution >= 4 is 21.7 Å². The first kappa shape index (κ1) is 23.1. The van der Waals surface area contributed by atoms with Gasteiger partial charge in [0.15, 0.2) is 5.75 Å². The van der Waals surface area contributed by atoms with E-state index in [0.717, 1.165) is 10.4 Å². The van der Waals surface area contributed by atoms with Gasteiger partial charge in [0.2, 0.25) is 10.0 Å². The molecule has 10 nitrogen and oxygen atoms in total. The van der Waals surface area contributed by atoms with E-state index in [-0.39, 0.29) is 41.7 Å². The maximum absolute atomic E-state index is 12.1. The summed E-state index contributed by atoms with van der Waals surface area (Å²) in [6.07, 6.45) is 0. The molecule has 0 saturated carbocycles. The molecule has 30 heavy (non-hydrogen) atoms. The van der Waals surface area contributed by atoms with Crippen LogP contribution in [0.4, 0.5) is 5.69 Å². The summed E-state index contributed by atoms with van der Waals surface area (Å²) in [5.74, 6) is -0.264. The topological polar surface area (TPSA) is 125 Å². The summed E-state index contributed by atoms with van der Waals surface area (Å²) in [7, 11) is -0.651. The molecule has 0 unspecified atom stereocenters. The van der Waals surface area contributed by atoms with Crippen LogP contribution in [0, 0.1) is 10.1 Å². The van der Waals surface area contributed by atoms with Crippen molar-refractivity contribution in [1.82, 2.24) is 4.31 Å². The molecule has 2 aromatic rings. The van der Waals surface area contributed by atoms with Gasteiger partial charge in [0, 0.05) is 20.2 Å². The number of nitro groups is 1. The fourth-order valence-electron chi connectivity index (χ4n) is 2.36. The van der Waals surface area contributed by atoms with E-state index < -0.39 is 20.9 Å². The molecule has 0 saturated heterocycles. The van der Waals surface area contributed by atoms with Crippen LogP contribution in [0.2, 0.25) is 0 Å². The molecule has 11 heteroatoms. The van der Waals surface area contributed by atoms with E-state index in [1.807, 2.05) is 0 Å². The molecule has 162 valence electrons. The van der Waals surface area contributed by atoms with Crippen LogP contribution >= 0.6 is 0 Å². The van der Waals surface area contributed by atoms with E-state index in [0.29, 0.717) is 5.75 Å². The van der Waals surface area contributed by atoms with Crippen molar-refractivity contribution in [3.63, 3.8) is 0 Å². The van der Waals surface area contributed by atoms with Crippen LogP contribution in [-0.4, -0.2) is 57.5 Å². The Morgan fingerprint density at radius 3 is 2.30 bits per heavy atom. The zero-order valence-corrected chi connectivity index (χ0v) is 17.5. The highest BCUT2D eigenvalue weighted by Gasteiger charge is 2.19. The van der Waals surface area contributed by atoms with E-state index in [4.69, 9.17) is 14.2 Å². The predicted molar refractivity (Wildman–Crippen MR) is 107 cm³/mol. The Kier molecular flexibility index (Phi) is 7.72. The molecule has 0 amide bonds. The Labute approximate surface area is 174 Å². The van der Waals surface area contributed by atoms with Crippen LogP contribution < -0.4 is 9.47 Å².